The summed E-state index contributed by atoms with van der Waals surface area (Å²) < 4.78 is 24.1. The molecule has 0 bridgehead atoms. The first-order valence-electron chi connectivity index (χ1n) is 8.63. The van der Waals surface area contributed by atoms with Crippen LogP contribution in [0, 0.1) is 5.82 Å². The maximum Gasteiger partial charge on any atom is 0.251 e. The summed E-state index contributed by atoms with van der Waals surface area (Å²) in [4.78, 5) is 12.5. The van der Waals surface area contributed by atoms with Crippen molar-refractivity contribution in [2.75, 3.05) is 7.11 Å². The van der Waals surface area contributed by atoms with E-state index in [2.05, 4.69) is 5.32 Å². The summed E-state index contributed by atoms with van der Waals surface area (Å²) in [7, 11) is 1.56. The molecule has 0 spiro atoms. The van der Waals surface area contributed by atoms with Crippen molar-refractivity contribution in [3.63, 3.8) is 0 Å². The lowest BCUT2D eigenvalue weighted by molar-refractivity contribution is 0.0950. The van der Waals surface area contributed by atoms with Gasteiger partial charge in [-0.2, -0.15) is 0 Å². The van der Waals surface area contributed by atoms with Gasteiger partial charge in [-0.3, -0.25) is 4.79 Å². The van der Waals surface area contributed by atoms with E-state index in [0.717, 1.165) is 11.1 Å². The van der Waals surface area contributed by atoms with Crippen LogP contribution in [0.15, 0.2) is 66.7 Å². The fourth-order valence-electron chi connectivity index (χ4n) is 2.64. The van der Waals surface area contributed by atoms with Crippen molar-refractivity contribution in [3.05, 3.63) is 94.3 Å². The molecule has 0 aliphatic carbocycles. The van der Waals surface area contributed by atoms with Gasteiger partial charge >= 0.3 is 0 Å². The fourth-order valence-corrected chi connectivity index (χ4v) is 2.83. The third-order valence-corrected chi connectivity index (χ3v) is 4.44. The number of nitrogens with one attached hydrogen (secondary N) is 1. The van der Waals surface area contributed by atoms with Crippen LogP contribution in [0.1, 0.15) is 21.5 Å². The van der Waals surface area contributed by atoms with Gasteiger partial charge in [0.25, 0.3) is 5.91 Å². The zero-order valence-electron chi connectivity index (χ0n) is 15.2. The van der Waals surface area contributed by atoms with E-state index < -0.39 is 0 Å². The Balaban J connectivity index is 1.69. The highest BCUT2D eigenvalue weighted by Gasteiger charge is 2.12. The van der Waals surface area contributed by atoms with E-state index in [1.54, 1.807) is 49.6 Å². The third kappa shape index (κ3) is 5.02. The van der Waals surface area contributed by atoms with Crippen LogP contribution in [0.25, 0.3) is 0 Å². The minimum absolute atomic E-state index is 0.200. The molecule has 4 nitrogen and oxygen atoms in total. The Bertz CT molecular complexity index is 960. The molecule has 0 heterocycles. The second-order valence-electron chi connectivity index (χ2n) is 6.05. The number of methoxy groups -OCH3 is 1. The van der Waals surface area contributed by atoms with Crippen molar-refractivity contribution < 1.29 is 18.7 Å². The zero-order valence-corrected chi connectivity index (χ0v) is 16.0. The van der Waals surface area contributed by atoms with Crippen molar-refractivity contribution >= 4 is 17.5 Å². The predicted molar refractivity (Wildman–Crippen MR) is 106 cm³/mol. The van der Waals surface area contributed by atoms with Crippen LogP contribution in [0.4, 0.5) is 4.39 Å². The quantitative estimate of drug-likeness (QED) is 0.608. The van der Waals surface area contributed by atoms with Crippen LogP contribution in [0.5, 0.6) is 11.5 Å². The zero-order chi connectivity index (χ0) is 19.9. The molecule has 3 aromatic carbocycles. The molecule has 0 aromatic heterocycles. The smallest absolute Gasteiger partial charge is 0.251 e. The molecule has 0 aliphatic rings. The van der Waals surface area contributed by atoms with Crippen molar-refractivity contribution in [1.29, 1.82) is 0 Å². The summed E-state index contributed by atoms with van der Waals surface area (Å²) in [5.74, 6) is 0.610. The maximum atomic E-state index is 13.0. The van der Waals surface area contributed by atoms with Gasteiger partial charge in [-0.1, -0.05) is 35.9 Å². The van der Waals surface area contributed by atoms with Gasteiger partial charge in [0.1, 0.15) is 23.9 Å². The lowest BCUT2D eigenvalue weighted by atomic mass is 10.1. The van der Waals surface area contributed by atoms with Gasteiger partial charge in [-0.05, 0) is 48.0 Å². The number of hydrogen-bond donors (Lipinski definition) is 1. The number of carbonyl (C=O) groups is 1. The number of ether oxygens (including phenoxy) is 2. The first-order chi connectivity index (χ1) is 13.6. The highest BCUT2D eigenvalue weighted by Crippen LogP contribution is 2.26. The average Bonchev–Trinajstić information content (AvgIpc) is 2.72. The molecule has 3 aromatic rings. The number of hydrogen-bond acceptors (Lipinski definition) is 3. The van der Waals surface area contributed by atoms with Crippen molar-refractivity contribution in [2.24, 2.45) is 0 Å². The summed E-state index contributed by atoms with van der Waals surface area (Å²) in [5.41, 5.74) is 2.00. The number of benzene rings is 3. The molecule has 0 radical (unpaired) electrons. The summed E-state index contributed by atoms with van der Waals surface area (Å²) >= 11 is 6.11. The minimum Gasteiger partial charge on any atom is -0.496 e. The predicted octanol–water partition coefficient (Wildman–Crippen LogP) is 5.00. The fraction of sp³-hybridized carbons (Fsp3) is 0.136. The number of carbonyl (C=O) groups excluding carboxylic acids is 1. The average molecular weight is 400 g/mol. The van der Waals surface area contributed by atoms with Gasteiger partial charge < -0.3 is 14.8 Å². The van der Waals surface area contributed by atoms with Gasteiger partial charge in [0.05, 0.1) is 12.1 Å². The molecule has 3 rings (SSSR count). The molecule has 1 amide bonds. The molecule has 0 saturated heterocycles. The number of amides is 1. The Morgan fingerprint density at radius 2 is 1.79 bits per heavy atom. The maximum absolute atomic E-state index is 13.0. The Morgan fingerprint density at radius 1 is 1.04 bits per heavy atom. The van der Waals surface area contributed by atoms with Crippen LogP contribution in [-0.4, -0.2) is 13.0 Å². The Hall–Kier alpha value is -3.05. The van der Waals surface area contributed by atoms with Crippen molar-refractivity contribution in [2.45, 2.75) is 13.2 Å². The largest absolute Gasteiger partial charge is 0.496 e. The number of halogens is 2. The third-order valence-electron chi connectivity index (χ3n) is 4.13. The first kappa shape index (κ1) is 19.7. The minimum atomic E-state index is -0.312. The topological polar surface area (TPSA) is 47.6 Å². The number of para-hydroxylation sites is 1. The summed E-state index contributed by atoms with van der Waals surface area (Å²) in [6.45, 7) is 0.503. The van der Waals surface area contributed by atoms with E-state index >= 15 is 0 Å². The lowest BCUT2D eigenvalue weighted by Crippen LogP contribution is -2.23. The Morgan fingerprint density at radius 3 is 2.50 bits per heavy atom. The molecular weight excluding hydrogens is 381 g/mol. The lowest BCUT2D eigenvalue weighted by Gasteiger charge is -2.13. The molecule has 0 atom stereocenters. The van der Waals surface area contributed by atoms with E-state index in [9.17, 15) is 9.18 Å². The SMILES string of the molecule is COc1ccc(C(=O)NCc2ccc(F)cc2)cc1COc1ccccc1Cl. The van der Waals surface area contributed by atoms with Crippen molar-refractivity contribution in [3.8, 4) is 11.5 Å². The summed E-state index contributed by atoms with van der Waals surface area (Å²) in [6, 6.07) is 18.3. The molecule has 0 aliphatic heterocycles. The van der Waals surface area contributed by atoms with Crippen molar-refractivity contribution in [1.82, 2.24) is 5.32 Å². The molecule has 6 heteroatoms. The molecule has 144 valence electrons. The van der Waals surface area contributed by atoms with Crippen LogP contribution in [0.3, 0.4) is 0 Å². The van der Waals surface area contributed by atoms with E-state index in [1.165, 1.54) is 12.1 Å². The van der Waals surface area contributed by atoms with Gasteiger partial charge in [0.2, 0.25) is 0 Å². The van der Waals surface area contributed by atoms with Gasteiger partial charge in [-0.15, -0.1) is 0 Å². The molecule has 1 N–H and O–H groups in total. The van der Waals surface area contributed by atoms with Crippen LogP contribution < -0.4 is 14.8 Å². The van der Waals surface area contributed by atoms with E-state index in [0.29, 0.717) is 28.6 Å². The van der Waals surface area contributed by atoms with E-state index in [4.69, 9.17) is 21.1 Å². The molecule has 28 heavy (non-hydrogen) atoms. The van der Waals surface area contributed by atoms with Gasteiger partial charge in [-0.25, -0.2) is 4.39 Å². The Kier molecular flexibility index (Phi) is 6.50. The number of rotatable bonds is 7. The van der Waals surface area contributed by atoms with E-state index in [-0.39, 0.29) is 18.3 Å². The highest BCUT2D eigenvalue weighted by atomic mass is 35.5. The second-order valence-corrected chi connectivity index (χ2v) is 6.46. The van der Waals surface area contributed by atoms with Crippen LogP contribution in [0.2, 0.25) is 5.02 Å². The van der Waals surface area contributed by atoms with Gasteiger partial charge in [0, 0.05) is 17.7 Å². The molecular formula is C22H19ClFNO3. The Labute approximate surface area is 167 Å². The van der Waals surface area contributed by atoms with Gasteiger partial charge in [0.15, 0.2) is 0 Å². The van der Waals surface area contributed by atoms with Crippen LogP contribution in [-0.2, 0) is 13.2 Å². The second kappa shape index (κ2) is 9.24. The molecule has 0 unspecified atom stereocenters. The van der Waals surface area contributed by atoms with Crippen LogP contribution >= 0.6 is 11.6 Å². The normalized spacial score (nSPS) is 10.4. The summed E-state index contributed by atoms with van der Waals surface area (Å²) in [6.07, 6.45) is 0. The highest BCUT2D eigenvalue weighted by molar-refractivity contribution is 6.32. The summed E-state index contributed by atoms with van der Waals surface area (Å²) in [5, 5.41) is 3.33. The molecule has 0 fully saturated rings. The monoisotopic (exact) mass is 399 g/mol. The molecule has 0 saturated carbocycles. The standard InChI is InChI=1S/C22H19ClFNO3/c1-27-20-11-8-16(22(26)25-13-15-6-9-18(24)10-7-15)12-17(20)14-28-21-5-3-2-4-19(21)23/h2-12H,13-14H2,1H3,(H,25,26). The van der Waals surface area contributed by atoms with E-state index in [1.807, 2.05) is 12.1 Å². The first-order valence-corrected chi connectivity index (χ1v) is 9.01.